The van der Waals surface area contributed by atoms with E-state index in [4.69, 9.17) is 4.74 Å². The van der Waals surface area contributed by atoms with E-state index < -0.39 is 4.92 Å². The first-order valence-corrected chi connectivity index (χ1v) is 6.50. The zero-order valence-corrected chi connectivity index (χ0v) is 12.3. The molecule has 0 saturated carbocycles. The van der Waals surface area contributed by atoms with Crippen LogP contribution < -0.4 is 0 Å². The molecular weight excluding hydrogens is 316 g/mol. The number of carbonyl (C=O) groups excluding carboxylic acids is 1. The number of para-hydroxylation sites is 1. The zero-order chi connectivity index (χ0) is 14.4. The van der Waals surface area contributed by atoms with Crippen LogP contribution in [0.1, 0.15) is 10.4 Å². The molecule has 19 heavy (non-hydrogen) atoms. The maximum Gasteiger partial charge on any atom is 0.282 e. The molecule has 0 aliphatic carbocycles. The fourth-order valence-electron chi connectivity index (χ4n) is 1.63. The van der Waals surface area contributed by atoms with Crippen molar-refractivity contribution in [2.75, 3.05) is 27.3 Å². The number of nitro benzene ring substituents is 1. The van der Waals surface area contributed by atoms with Crippen molar-refractivity contribution in [1.29, 1.82) is 0 Å². The van der Waals surface area contributed by atoms with Gasteiger partial charge in [0.2, 0.25) is 0 Å². The van der Waals surface area contributed by atoms with E-state index >= 15 is 0 Å². The van der Waals surface area contributed by atoms with Crippen LogP contribution in [0.5, 0.6) is 0 Å². The summed E-state index contributed by atoms with van der Waals surface area (Å²) >= 11 is 3.37. The zero-order valence-electron chi connectivity index (χ0n) is 10.7. The first-order chi connectivity index (χ1) is 8.97. The molecule has 0 radical (unpaired) electrons. The summed E-state index contributed by atoms with van der Waals surface area (Å²) in [4.78, 5) is 23.9. The molecule has 1 atom stereocenters. The van der Waals surface area contributed by atoms with Crippen LogP contribution >= 0.6 is 15.9 Å². The summed E-state index contributed by atoms with van der Waals surface area (Å²) in [5.41, 5.74) is -0.0932. The molecule has 7 heteroatoms. The second-order valence-electron chi connectivity index (χ2n) is 4.01. The lowest BCUT2D eigenvalue weighted by atomic mass is 10.1. The minimum Gasteiger partial charge on any atom is -0.383 e. The number of carbonyl (C=O) groups is 1. The second-order valence-corrected chi connectivity index (χ2v) is 5.31. The largest absolute Gasteiger partial charge is 0.383 e. The van der Waals surface area contributed by atoms with Crippen LogP contribution in [-0.4, -0.2) is 47.9 Å². The third-order valence-corrected chi connectivity index (χ3v) is 3.05. The normalized spacial score (nSPS) is 11.9. The fraction of sp³-hybridized carbons (Fsp3) is 0.417. The quantitative estimate of drug-likeness (QED) is 0.454. The van der Waals surface area contributed by atoms with E-state index in [-0.39, 0.29) is 22.0 Å². The molecule has 1 aromatic carbocycles. The van der Waals surface area contributed by atoms with Crippen LogP contribution in [0, 0.1) is 10.1 Å². The number of hydrogen-bond acceptors (Lipinski definition) is 4. The number of ether oxygens (including phenoxy) is 1. The fourth-order valence-corrected chi connectivity index (χ4v) is 2.33. The Morgan fingerprint density at radius 2 is 2.16 bits per heavy atom. The Morgan fingerprint density at radius 3 is 2.74 bits per heavy atom. The van der Waals surface area contributed by atoms with E-state index in [1.807, 2.05) is 0 Å². The molecule has 104 valence electrons. The summed E-state index contributed by atoms with van der Waals surface area (Å²) in [6.45, 7) is 0.854. The lowest BCUT2D eigenvalue weighted by molar-refractivity contribution is -0.385. The molecule has 0 fully saturated rings. The Hall–Kier alpha value is -1.47. The molecular formula is C12H15BrN2O4. The maximum absolute atomic E-state index is 12.2. The van der Waals surface area contributed by atoms with E-state index in [2.05, 4.69) is 15.9 Å². The average Bonchev–Trinajstić information content (AvgIpc) is 2.37. The molecule has 1 rings (SSSR count). The van der Waals surface area contributed by atoms with Gasteiger partial charge < -0.3 is 9.64 Å². The van der Waals surface area contributed by atoms with Gasteiger partial charge in [0.1, 0.15) is 5.56 Å². The van der Waals surface area contributed by atoms with Gasteiger partial charge in [0, 0.05) is 26.8 Å². The Labute approximate surface area is 119 Å². The van der Waals surface area contributed by atoms with Crippen molar-refractivity contribution in [2.45, 2.75) is 4.83 Å². The van der Waals surface area contributed by atoms with E-state index in [0.29, 0.717) is 13.2 Å². The van der Waals surface area contributed by atoms with Gasteiger partial charge in [0.25, 0.3) is 11.6 Å². The number of hydrogen-bond donors (Lipinski definition) is 0. The molecule has 0 saturated heterocycles. The monoisotopic (exact) mass is 330 g/mol. The molecule has 0 aliphatic heterocycles. The number of alkyl halides is 1. The summed E-state index contributed by atoms with van der Waals surface area (Å²) in [7, 11) is 3.17. The first-order valence-electron chi connectivity index (χ1n) is 5.59. The van der Waals surface area contributed by atoms with Crippen molar-refractivity contribution in [1.82, 2.24) is 4.90 Å². The Balaban J connectivity index is 2.85. The molecule has 1 aromatic rings. The van der Waals surface area contributed by atoms with Crippen molar-refractivity contribution >= 4 is 27.5 Å². The predicted octanol–water partition coefficient (Wildman–Crippen LogP) is 2.08. The number of halogens is 1. The van der Waals surface area contributed by atoms with E-state index in [9.17, 15) is 14.9 Å². The summed E-state index contributed by atoms with van der Waals surface area (Å²) in [6.07, 6.45) is 0. The van der Waals surface area contributed by atoms with Crippen molar-refractivity contribution in [3.05, 3.63) is 39.9 Å². The number of nitro groups is 1. The Bertz CT molecular complexity index is 467. The number of nitrogens with zero attached hydrogens (tertiary/aromatic N) is 2. The highest BCUT2D eigenvalue weighted by Gasteiger charge is 2.23. The van der Waals surface area contributed by atoms with Crippen LogP contribution in [0.2, 0.25) is 0 Å². The molecule has 1 unspecified atom stereocenters. The van der Waals surface area contributed by atoms with E-state index in [0.717, 1.165) is 0 Å². The van der Waals surface area contributed by atoms with Crippen molar-refractivity contribution < 1.29 is 14.5 Å². The lowest BCUT2D eigenvalue weighted by Gasteiger charge is -2.20. The molecule has 0 aliphatic rings. The molecule has 0 spiro atoms. The van der Waals surface area contributed by atoms with Gasteiger partial charge >= 0.3 is 0 Å². The standard InChI is InChI=1S/C12H15BrN2O4/c1-14(7-9(13)8-19-2)12(16)10-5-3-4-6-11(10)15(17)18/h3-6,9H,7-8H2,1-2H3. The maximum atomic E-state index is 12.2. The third-order valence-electron chi connectivity index (χ3n) is 2.50. The number of amides is 1. The van der Waals surface area contributed by atoms with Crippen LogP contribution in [0.4, 0.5) is 5.69 Å². The highest BCUT2D eigenvalue weighted by molar-refractivity contribution is 9.09. The van der Waals surface area contributed by atoms with Gasteiger partial charge in [0.05, 0.1) is 16.4 Å². The third kappa shape index (κ3) is 4.29. The molecule has 0 heterocycles. The minimum absolute atomic E-state index is 0.0192. The summed E-state index contributed by atoms with van der Waals surface area (Å²) in [6, 6.07) is 5.92. The lowest BCUT2D eigenvalue weighted by Crippen LogP contribution is -2.34. The van der Waals surface area contributed by atoms with Crippen molar-refractivity contribution in [3.8, 4) is 0 Å². The minimum atomic E-state index is -0.554. The predicted molar refractivity (Wildman–Crippen MR) is 74.6 cm³/mol. The molecule has 0 aromatic heterocycles. The number of methoxy groups -OCH3 is 1. The first kappa shape index (κ1) is 15.6. The smallest absolute Gasteiger partial charge is 0.282 e. The topological polar surface area (TPSA) is 72.7 Å². The van der Waals surface area contributed by atoms with Crippen LogP contribution in [-0.2, 0) is 4.74 Å². The molecule has 1 amide bonds. The van der Waals surface area contributed by atoms with Crippen molar-refractivity contribution in [3.63, 3.8) is 0 Å². The molecule has 6 nitrogen and oxygen atoms in total. The van der Waals surface area contributed by atoms with Gasteiger partial charge in [-0.15, -0.1) is 0 Å². The van der Waals surface area contributed by atoms with Gasteiger partial charge in [-0.05, 0) is 6.07 Å². The van der Waals surface area contributed by atoms with Crippen LogP contribution in [0.15, 0.2) is 24.3 Å². The Morgan fingerprint density at radius 1 is 1.53 bits per heavy atom. The van der Waals surface area contributed by atoms with Crippen LogP contribution in [0.25, 0.3) is 0 Å². The van der Waals surface area contributed by atoms with Gasteiger partial charge in [-0.2, -0.15) is 0 Å². The van der Waals surface area contributed by atoms with Gasteiger partial charge in [-0.1, -0.05) is 28.1 Å². The van der Waals surface area contributed by atoms with E-state index in [1.165, 1.54) is 23.1 Å². The second kappa shape index (κ2) is 7.20. The summed E-state index contributed by atoms with van der Waals surface area (Å²) in [5.74, 6) is -0.382. The highest BCUT2D eigenvalue weighted by Crippen LogP contribution is 2.19. The van der Waals surface area contributed by atoms with Gasteiger partial charge in [-0.25, -0.2) is 0 Å². The number of rotatable bonds is 6. The van der Waals surface area contributed by atoms with E-state index in [1.54, 1.807) is 20.2 Å². The molecule has 0 bridgehead atoms. The summed E-state index contributed by atoms with van der Waals surface area (Å²) < 4.78 is 4.96. The van der Waals surface area contributed by atoms with Crippen molar-refractivity contribution in [2.24, 2.45) is 0 Å². The average molecular weight is 331 g/mol. The highest BCUT2D eigenvalue weighted by atomic mass is 79.9. The van der Waals surface area contributed by atoms with Crippen LogP contribution in [0.3, 0.4) is 0 Å². The summed E-state index contributed by atoms with van der Waals surface area (Å²) in [5, 5.41) is 10.9. The Kier molecular flexibility index (Phi) is 5.91. The molecule has 0 N–H and O–H groups in total. The number of benzene rings is 1. The van der Waals surface area contributed by atoms with Gasteiger partial charge in [0.15, 0.2) is 0 Å². The SMILES string of the molecule is COCC(Br)CN(C)C(=O)c1ccccc1[N+](=O)[O-]. The van der Waals surface area contributed by atoms with Gasteiger partial charge in [-0.3, -0.25) is 14.9 Å².